The summed E-state index contributed by atoms with van der Waals surface area (Å²) < 4.78 is 14.0. The summed E-state index contributed by atoms with van der Waals surface area (Å²) in [5.74, 6) is -0.827. The molecule has 1 rings (SSSR count). The van der Waals surface area contributed by atoms with E-state index < -0.39 is 5.82 Å². The highest BCUT2D eigenvalue weighted by Gasteiger charge is 2.15. The maximum atomic E-state index is 14.0. The van der Waals surface area contributed by atoms with E-state index >= 15 is 0 Å². The molecule has 118 valence electrons. The third kappa shape index (κ3) is 6.10. The summed E-state index contributed by atoms with van der Waals surface area (Å²) in [5, 5.41) is 5.57. The Labute approximate surface area is 126 Å². The highest BCUT2D eigenvalue weighted by Crippen LogP contribution is 2.14. The second-order valence-corrected chi connectivity index (χ2v) is 5.08. The van der Waals surface area contributed by atoms with Gasteiger partial charge in [-0.1, -0.05) is 39.0 Å². The highest BCUT2D eigenvalue weighted by molar-refractivity contribution is 5.95. The van der Waals surface area contributed by atoms with E-state index in [9.17, 15) is 9.18 Å². The van der Waals surface area contributed by atoms with Gasteiger partial charge in [0.05, 0.1) is 5.56 Å². The van der Waals surface area contributed by atoms with Gasteiger partial charge in [0.2, 0.25) is 0 Å². The fraction of sp³-hybridized carbons (Fsp3) is 0.625. The average Bonchev–Trinajstić information content (AvgIpc) is 2.48. The molecule has 0 saturated heterocycles. The van der Waals surface area contributed by atoms with Crippen molar-refractivity contribution in [2.24, 2.45) is 0 Å². The molecule has 1 aromatic rings. The molecule has 0 atom stereocenters. The zero-order valence-electron chi connectivity index (χ0n) is 13.0. The third-order valence-corrected chi connectivity index (χ3v) is 3.29. The number of carbonyl (C=O) groups excluding carboxylic acids is 1. The van der Waals surface area contributed by atoms with Gasteiger partial charge in [0.1, 0.15) is 0 Å². The van der Waals surface area contributed by atoms with E-state index in [1.54, 1.807) is 0 Å². The van der Waals surface area contributed by atoms with Gasteiger partial charge in [-0.25, -0.2) is 9.37 Å². The Morgan fingerprint density at radius 2 is 1.90 bits per heavy atom. The van der Waals surface area contributed by atoms with Crippen molar-refractivity contribution < 1.29 is 9.18 Å². The Kier molecular flexibility index (Phi) is 8.40. The van der Waals surface area contributed by atoms with E-state index in [-0.39, 0.29) is 17.3 Å². The number of nitrogens with zero attached hydrogens (tertiary/aromatic N) is 1. The molecule has 1 heterocycles. The predicted molar refractivity (Wildman–Crippen MR) is 84.1 cm³/mol. The predicted octanol–water partition coefficient (Wildman–Crippen LogP) is 3.74. The third-order valence-electron chi connectivity index (χ3n) is 3.29. The Morgan fingerprint density at radius 1 is 1.19 bits per heavy atom. The molecule has 0 fully saturated rings. The first-order valence-corrected chi connectivity index (χ1v) is 7.87. The molecule has 0 bridgehead atoms. The van der Waals surface area contributed by atoms with Gasteiger partial charge in [-0.3, -0.25) is 4.79 Å². The lowest BCUT2D eigenvalue weighted by atomic mass is 10.1. The molecule has 5 heteroatoms. The molecule has 1 amide bonds. The Morgan fingerprint density at radius 3 is 2.62 bits per heavy atom. The van der Waals surface area contributed by atoms with Crippen LogP contribution in [-0.2, 0) is 0 Å². The molecular weight excluding hydrogens is 269 g/mol. The van der Waals surface area contributed by atoms with Gasteiger partial charge in [-0.2, -0.15) is 0 Å². The van der Waals surface area contributed by atoms with E-state index in [0.29, 0.717) is 13.1 Å². The molecule has 4 nitrogen and oxygen atoms in total. The van der Waals surface area contributed by atoms with Crippen LogP contribution >= 0.6 is 0 Å². The minimum atomic E-state index is -0.584. The van der Waals surface area contributed by atoms with Crippen LogP contribution in [0.4, 0.5) is 10.2 Å². The Bertz CT molecular complexity index is 438. The zero-order chi connectivity index (χ0) is 15.5. The number of carbonyl (C=O) groups is 1. The van der Waals surface area contributed by atoms with Crippen LogP contribution in [0.15, 0.2) is 12.3 Å². The molecular formula is C16H26FN3O. The lowest BCUT2D eigenvalue weighted by Crippen LogP contribution is -2.26. The molecule has 0 radical (unpaired) electrons. The second kappa shape index (κ2) is 10.1. The van der Waals surface area contributed by atoms with Crippen molar-refractivity contribution in [3.05, 3.63) is 23.6 Å². The second-order valence-electron chi connectivity index (χ2n) is 5.08. The summed E-state index contributed by atoms with van der Waals surface area (Å²) in [6.07, 6.45) is 8.41. The lowest BCUT2D eigenvalue weighted by Gasteiger charge is -2.09. The monoisotopic (exact) mass is 295 g/mol. The van der Waals surface area contributed by atoms with Crippen LogP contribution in [-0.4, -0.2) is 24.0 Å². The summed E-state index contributed by atoms with van der Waals surface area (Å²) in [5.41, 5.74) is 0.0481. The van der Waals surface area contributed by atoms with Crippen LogP contribution in [0.5, 0.6) is 0 Å². The van der Waals surface area contributed by atoms with Crippen LogP contribution in [0.1, 0.15) is 62.7 Å². The van der Waals surface area contributed by atoms with Gasteiger partial charge in [-0.15, -0.1) is 0 Å². The van der Waals surface area contributed by atoms with Gasteiger partial charge >= 0.3 is 0 Å². The van der Waals surface area contributed by atoms with Gasteiger partial charge in [0.15, 0.2) is 11.6 Å². The summed E-state index contributed by atoms with van der Waals surface area (Å²) in [4.78, 5) is 15.8. The maximum absolute atomic E-state index is 14.0. The number of anilines is 1. The molecule has 2 N–H and O–H groups in total. The van der Waals surface area contributed by atoms with Gasteiger partial charge in [0, 0.05) is 19.3 Å². The minimum absolute atomic E-state index is 0.0481. The van der Waals surface area contributed by atoms with Crippen LogP contribution in [0.25, 0.3) is 0 Å². The molecule has 0 unspecified atom stereocenters. The number of unbranched alkanes of at least 4 members (excludes halogenated alkanes) is 5. The number of hydrogen-bond donors (Lipinski definition) is 2. The number of halogens is 1. The zero-order valence-corrected chi connectivity index (χ0v) is 13.0. The topological polar surface area (TPSA) is 54.0 Å². The van der Waals surface area contributed by atoms with Crippen molar-refractivity contribution in [3.8, 4) is 0 Å². The van der Waals surface area contributed by atoms with Crippen molar-refractivity contribution >= 4 is 11.7 Å². The molecule has 1 aromatic heterocycles. The smallest absolute Gasteiger partial charge is 0.254 e. The number of rotatable bonds is 10. The Hall–Kier alpha value is -1.65. The van der Waals surface area contributed by atoms with Crippen LogP contribution in [0, 0.1) is 5.82 Å². The van der Waals surface area contributed by atoms with E-state index in [1.165, 1.54) is 37.9 Å². The van der Waals surface area contributed by atoms with Crippen molar-refractivity contribution in [1.82, 2.24) is 10.3 Å². The molecule has 0 aromatic carbocycles. The minimum Gasteiger partial charge on any atom is -0.368 e. The van der Waals surface area contributed by atoms with Gasteiger partial charge in [0.25, 0.3) is 5.91 Å². The van der Waals surface area contributed by atoms with Crippen molar-refractivity contribution in [2.75, 3.05) is 18.4 Å². The van der Waals surface area contributed by atoms with E-state index in [1.807, 2.05) is 6.92 Å². The van der Waals surface area contributed by atoms with Gasteiger partial charge in [-0.05, 0) is 19.4 Å². The standard InChI is InChI=1S/C16H26FN3O/c1-3-5-6-7-8-9-11-20-16(21)13-10-12-19-15(14(13)17)18-4-2/h10,12H,3-9,11H2,1-2H3,(H,18,19)(H,20,21). The van der Waals surface area contributed by atoms with E-state index in [2.05, 4.69) is 22.5 Å². The molecule has 0 saturated carbocycles. The van der Waals surface area contributed by atoms with Crippen LogP contribution < -0.4 is 10.6 Å². The van der Waals surface area contributed by atoms with Crippen LogP contribution in [0.2, 0.25) is 0 Å². The summed E-state index contributed by atoms with van der Waals surface area (Å²) in [6.45, 7) is 5.19. The number of hydrogen-bond acceptors (Lipinski definition) is 3. The molecule has 0 aliphatic carbocycles. The molecule has 0 aliphatic rings. The summed E-state index contributed by atoms with van der Waals surface area (Å²) in [7, 11) is 0. The van der Waals surface area contributed by atoms with Crippen LogP contribution in [0.3, 0.4) is 0 Å². The van der Waals surface area contributed by atoms with Crippen molar-refractivity contribution in [3.63, 3.8) is 0 Å². The molecule has 0 aliphatic heterocycles. The van der Waals surface area contributed by atoms with Crippen molar-refractivity contribution in [1.29, 1.82) is 0 Å². The van der Waals surface area contributed by atoms with Crippen molar-refractivity contribution in [2.45, 2.75) is 52.4 Å². The van der Waals surface area contributed by atoms with E-state index in [4.69, 9.17) is 0 Å². The number of aromatic nitrogens is 1. The lowest BCUT2D eigenvalue weighted by molar-refractivity contribution is 0.0949. The molecule has 0 spiro atoms. The fourth-order valence-corrected chi connectivity index (χ4v) is 2.11. The summed E-state index contributed by atoms with van der Waals surface area (Å²) >= 11 is 0. The van der Waals surface area contributed by atoms with E-state index in [0.717, 1.165) is 12.8 Å². The average molecular weight is 295 g/mol. The number of pyridine rings is 1. The Balaban J connectivity index is 2.37. The highest BCUT2D eigenvalue weighted by atomic mass is 19.1. The summed E-state index contributed by atoms with van der Waals surface area (Å²) in [6, 6.07) is 1.41. The fourth-order valence-electron chi connectivity index (χ4n) is 2.11. The number of amides is 1. The first-order valence-electron chi connectivity index (χ1n) is 7.87. The largest absolute Gasteiger partial charge is 0.368 e. The maximum Gasteiger partial charge on any atom is 0.254 e. The first kappa shape index (κ1) is 17.4. The quantitative estimate of drug-likeness (QED) is 0.646. The SMILES string of the molecule is CCCCCCCCNC(=O)c1ccnc(NCC)c1F. The van der Waals surface area contributed by atoms with Gasteiger partial charge < -0.3 is 10.6 Å². The number of nitrogens with one attached hydrogen (secondary N) is 2. The normalized spacial score (nSPS) is 10.4. The molecule has 21 heavy (non-hydrogen) atoms. The first-order chi connectivity index (χ1) is 10.2.